The van der Waals surface area contributed by atoms with Crippen LogP contribution in [-0.4, -0.2) is 16.4 Å². The number of hydrogen-bond acceptors (Lipinski definition) is 4. The smallest absolute Gasteiger partial charge is 0.234 e. The van der Waals surface area contributed by atoms with Crippen LogP contribution in [0.2, 0.25) is 0 Å². The number of para-hydroxylation sites is 1. The highest BCUT2D eigenvalue weighted by Crippen LogP contribution is 2.38. The fourth-order valence-electron chi connectivity index (χ4n) is 7.32. The van der Waals surface area contributed by atoms with Crippen LogP contribution in [0.3, 0.4) is 0 Å². The minimum atomic E-state index is -0.338. The third-order valence-electron chi connectivity index (χ3n) is 9.68. The summed E-state index contributed by atoms with van der Waals surface area (Å²) in [5.74, 6) is 1.39. The van der Waals surface area contributed by atoms with E-state index in [1.807, 2.05) is 18.2 Å². The average Bonchev–Trinajstić information content (AvgIpc) is 3.74. The van der Waals surface area contributed by atoms with Gasteiger partial charge in [-0.15, -0.1) is 0 Å². The minimum absolute atomic E-state index is 0.338. The van der Waals surface area contributed by atoms with Crippen molar-refractivity contribution in [1.82, 2.24) is 9.88 Å². The second kappa shape index (κ2) is 11.5. The number of aromatic nitrogens is 1. The van der Waals surface area contributed by atoms with Crippen LogP contribution < -0.4 is 5.32 Å². The van der Waals surface area contributed by atoms with Crippen LogP contribution in [-0.2, 0) is 0 Å². The van der Waals surface area contributed by atoms with Crippen molar-refractivity contribution in [3.63, 3.8) is 0 Å². The van der Waals surface area contributed by atoms with E-state index < -0.39 is 0 Å². The number of amidine groups is 1. The van der Waals surface area contributed by atoms with Gasteiger partial charge in [0.1, 0.15) is 23.2 Å². The van der Waals surface area contributed by atoms with E-state index in [2.05, 4.69) is 162 Å². The topological polar surface area (TPSA) is 54.8 Å². The van der Waals surface area contributed by atoms with Crippen molar-refractivity contribution >= 4 is 55.5 Å². The lowest BCUT2D eigenvalue weighted by molar-refractivity contribution is 0.667. The lowest BCUT2D eigenvalue weighted by Crippen LogP contribution is -2.35. The highest BCUT2D eigenvalue weighted by molar-refractivity contribution is 6.19. The van der Waals surface area contributed by atoms with Crippen LogP contribution in [0.5, 0.6) is 0 Å². The molecule has 0 bridgehead atoms. The first-order valence-corrected chi connectivity index (χ1v) is 16.9. The monoisotopic (exact) mass is 642 g/mol. The molecule has 7 aromatic carbocycles. The number of furan rings is 1. The molecule has 1 aliphatic rings. The Balaban J connectivity index is 1.18. The van der Waals surface area contributed by atoms with E-state index in [0.717, 1.165) is 71.8 Å². The lowest BCUT2D eigenvalue weighted by Gasteiger charge is -2.24. The first-order valence-electron chi connectivity index (χ1n) is 16.9. The van der Waals surface area contributed by atoms with Crippen molar-refractivity contribution in [2.75, 3.05) is 0 Å². The van der Waals surface area contributed by atoms with Crippen molar-refractivity contribution in [2.24, 2.45) is 9.98 Å². The fraction of sp³-hybridized carbons (Fsp3) is 0.0222. The summed E-state index contributed by atoms with van der Waals surface area (Å²) in [6.07, 6.45) is -0.338. The summed E-state index contributed by atoms with van der Waals surface area (Å²) in [5.41, 5.74) is 10.5. The Bertz CT molecular complexity index is 2780. The maximum Gasteiger partial charge on any atom is 0.234 e. The highest BCUT2D eigenvalue weighted by atomic mass is 16.3. The first-order chi connectivity index (χ1) is 24.8. The molecule has 9 aromatic rings. The number of fused-ring (bicyclic) bond motifs is 6. The Morgan fingerprint density at radius 3 is 2.00 bits per heavy atom. The van der Waals surface area contributed by atoms with Crippen molar-refractivity contribution in [3.05, 3.63) is 181 Å². The van der Waals surface area contributed by atoms with Gasteiger partial charge in [-0.25, -0.2) is 4.99 Å². The van der Waals surface area contributed by atoms with Crippen LogP contribution in [0.1, 0.15) is 17.3 Å². The second-order valence-corrected chi connectivity index (χ2v) is 12.7. The summed E-state index contributed by atoms with van der Waals surface area (Å²) < 4.78 is 8.58. The number of hydrogen-bond donors (Lipinski definition) is 1. The zero-order valence-electron chi connectivity index (χ0n) is 27.0. The van der Waals surface area contributed by atoms with Gasteiger partial charge in [-0.2, -0.15) is 4.99 Å². The van der Waals surface area contributed by atoms with Gasteiger partial charge in [-0.05, 0) is 70.3 Å². The summed E-state index contributed by atoms with van der Waals surface area (Å²) in [6, 6.07) is 59.2. The largest absolute Gasteiger partial charge is 0.456 e. The molecule has 0 fully saturated rings. The van der Waals surface area contributed by atoms with Gasteiger partial charge in [0.15, 0.2) is 0 Å². The molecule has 0 saturated heterocycles. The number of nitrogens with zero attached hydrogens (tertiary/aromatic N) is 3. The molecule has 10 rings (SSSR count). The van der Waals surface area contributed by atoms with Crippen LogP contribution in [0.15, 0.2) is 184 Å². The lowest BCUT2D eigenvalue weighted by atomic mass is 9.98. The predicted molar refractivity (Wildman–Crippen MR) is 206 cm³/mol. The van der Waals surface area contributed by atoms with E-state index in [1.54, 1.807) is 0 Å². The first kappa shape index (κ1) is 28.3. The third-order valence-corrected chi connectivity index (χ3v) is 9.68. The second-order valence-electron chi connectivity index (χ2n) is 12.7. The van der Waals surface area contributed by atoms with Gasteiger partial charge in [0, 0.05) is 27.1 Å². The molecule has 0 radical (unpaired) electrons. The zero-order chi connectivity index (χ0) is 33.0. The summed E-state index contributed by atoms with van der Waals surface area (Å²) in [6.45, 7) is 0. The van der Waals surface area contributed by atoms with Crippen LogP contribution >= 0.6 is 0 Å². The third kappa shape index (κ3) is 4.63. The average molecular weight is 643 g/mol. The molecule has 0 saturated carbocycles. The van der Waals surface area contributed by atoms with E-state index in [0.29, 0.717) is 5.96 Å². The normalized spacial score (nSPS) is 14.6. The molecule has 1 N–H and O–H groups in total. The number of benzene rings is 7. The minimum Gasteiger partial charge on any atom is -0.456 e. The van der Waals surface area contributed by atoms with Crippen molar-refractivity contribution in [3.8, 4) is 22.3 Å². The van der Waals surface area contributed by atoms with Gasteiger partial charge in [-0.1, -0.05) is 127 Å². The van der Waals surface area contributed by atoms with Gasteiger partial charge in [-0.3, -0.25) is 4.57 Å². The molecule has 0 spiro atoms. The van der Waals surface area contributed by atoms with Gasteiger partial charge in [0.25, 0.3) is 0 Å². The summed E-state index contributed by atoms with van der Waals surface area (Å²) >= 11 is 0. The number of nitrogens with one attached hydrogen (secondary N) is 1. The van der Waals surface area contributed by atoms with Crippen LogP contribution in [0, 0.1) is 0 Å². The predicted octanol–water partition coefficient (Wildman–Crippen LogP) is 11.0. The van der Waals surface area contributed by atoms with E-state index in [-0.39, 0.29) is 6.17 Å². The van der Waals surface area contributed by atoms with Gasteiger partial charge < -0.3 is 9.73 Å². The summed E-state index contributed by atoms with van der Waals surface area (Å²) in [4.78, 5) is 10.6. The molecule has 1 aliphatic heterocycles. The molecule has 5 heteroatoms. The molecule has 5 nitrogen and oxygen atoms in total. The molecule has 1 unspecified atom stereocenters. The van der Waals surface area contributed by atoms with E-state index in [9.17, 15) is 0 Å². The molecule has 1 atom stereocenters. The molecule has 0 amide bonds. The van der Waals surface area contributed by atoms with Gasteiger partial charge in [0.05, 0.1) is 11.0 Å². The van der Waals surface area contributed by atoms with Crippen LogP contribution in [0.4, 0.5) is 0 Å². The molecule has 50 heavy (non-hydrogen) atoms. The number of rotatable bonds is 4. The summed E-state index contributed by atoms with van der Waals surface area (Å²) in [7, 11) is 0. The Kier molecular flexibility index (Phi) is 6.49. The zero-order valence-corrected chi connectivity index (χ0v) is 27.0. The molecule has 0 aliphatic carbocycles. The Hall–Kier alpha value is -6.72. The van der Waals surface area contributed by atoms with Crippen molar-refractivity contribution in [2.45, 2.75) is 6.17 Å². The molecule has 3 heterocycles. The Morgan fingerprint density at radius 2 is 1.18 bits per heavy atom. The quantitative estimate of drug-likeness (QED) is 0.208. The van der Waals surface area contributed by atoms with E-state index in [4.69, 9.17) is 14.4 Å². The molecule has 2 aromatic heterocycles. The van der Waals surface area contributed by atoms with Gasteiger partial charge in [0.2, 0.25) is 5.96 Å². The van der Waals surface area contributed by atoms with E-state index in [1.165, 1.54) is 11.1 Å². The maximum absolute atomic E-state index is 6.38. The van der Waals surface area contributed by atoms with Crippen molar-refractivity contribution in [1.29, 1.82) is 0 Å². The van der Waals surface area contributed by atoms with E-state index >= 15 is 0 Å². The molecule has 236 valence electrons. The SMILES string of the molecule is c1ccc(-c2ccc3c(c2)c2ccccc2n3C2=NC(c3ccccc3)NC(c3ccc4oc5cccc(-c6ccccc6)c5c4c3)=N2)cc1. The van der Waals surface area contributed by atoms with Gasteiger partial charge >= 0.3 is 0 Å². The summed E-state index contributed by atoms with van der Waals surface area (Å²) in [5, 5.41) is 8.14. The Labute approximate surface area is 288 Å². The highest BCUT2D eigenvalue weighted by Gasteiger charge is 2.25. The molecular formula is C45H30N4O. The number of aliphatic imine (C=N–C) groups is 2. The van der Waals surface area contributed by atoms with Crippen molar-refractivity contribution < 1.29 is 4.42 Å². The fourth-order valence-corrected chi connectivity index (χ4v) is 7.32. The maximum atomic E-state index is 6.38. The molecular weight excluding hydrogens is 613 g/mol. The standard InChI is InChI=1S/C45H30N4O/c1-4-13-29(14-5-1)32-23-25-39-36(27-32)35-19-10-11-21-38(35)49(39)45-47-43(31-17-8-3-9-18-31)46-44(48-45)33-24-26-40-37(28-33)42-34(20-12-22-41(42)50-40)30-15-6-2-7-16-30/h1-28,43H,(H,46,47,48). The Morgan fingerprint density at radius 1 is 0.500 bits per heavy atom. The van der Waals surface area contributed by atoms with Crippen LogP contribution in [0.25, 0.3) is 66.0 Å².